The highest BCUT2D eigenvalue weighted by Crippen LogP contribution is 2.11. The number of nitrogens with zero attached hydrogens (tertiary/aromatic N) is 3. The number of carbonyl (C=O) groups excluding carboxylic acids is 1. The highest BCUT2D eigenvalue weighted by atomic mass is 35.5. The molecular formula is C19H25ClN4O2. The molecule has 1 aromatic heterocycles. The van der Waals surface area contributed by atoms with Crippen LogP contribution in [0.25, 0.3) is 0 Å². The van der Waals surface area contributed by atoms with Gasteiger partial charge in [-0.1, -0.05) is 23.7 Å². The van der Waals surface area contributed by atoms with Crippen molar-refractivity contribution in [1.29, 1.82) is 0 Å². The van der Waals surface area contributed by atoms with E-state index in [1.807, 2.05) is 48.3 Å². The Hall–Kier alpha value is -2.47. The third-order valence-corrected chi connectivity index (χ3v) is 4.04. The highest BCUT2D eigenvalue weighted by molar-refractivity contribution is 6.30. The Kier molecular flexibility index (Phi) is 7.53. The zero-order valence-electron chi connectivity index (χ0n) is 15.4. The van der Waals surface area contributed by atoms with Crippen LogP contribution in [-0.2, 0) is 17.8 Å². The summed E-state index contributed by atoms with van der Waals surface area (Å²) in [6, 6.07) is 11.5. The van der Waals surface area contributed by atoms with Gasteiger partial charge in [-0.3, -0.25) is 4.79 Å². The molecule has 7 heteroatoms. The molecular weight excluding hydrogens is 352 g/mol. The van der Waals surface area contributed by atoms with Crippen LogP contribution in [0.2, 0.25) is 5.02 Å². The smallest absolute Gasteiger partial charge is 0.243 e. The Labute approximate surface area is 159 Å². The van der Waals surface area contributed by atoms with Gasteiger partial charge in [0.15, 0.2) is 5.96 Å². The van der Waals surface area contributed by atoms with Gasteiger partial charge in [0.2, 0.25) is 5.91 Å². The number of rotatable bonds is 7. The maximum atomic E-state index is 11.9. The van der Waals surface area contributed by atoms with E-state index >= 15 is 0 Å². The van der Waals surface area contributed by atoms with Crippen molar-refractivity contribution >= 4 is 23.5 Å². The van der Waals surface area contributed by atoms with Gasteiger partial charge in [0.25, 0.3) is 0 Å². The first-order valence-electron chi connectivity index (χ1n) is 8.42. The van der Waals surface area contributed by atoms with E-state index in [4.69, 9.17) is 16.0 Å². The number of aliphatic imine (C=N–C) groups is 1. The van der Waals surface area contributed by atoms with Gasteiger partial charge in [0.05, 0.1) is 6.26 Å². The van der Waals surface area contributed by atoms with Crippen LogP contribution in [0, 0.1) is 0 Å². The molecule has 0 aliphatic carbocycles. The average Bonchev–Trinajstić information content (AvgIpc) is 3.12. The fraction of sp³-hybridized carbons (Fsp3) is 0.368. The van der Waals surface area contributed by atoms with Crippen molar-refractivity contribution in [3.8, 4) is 0 Å². The number of benzene rings is 1. The van der Waals surface area contributed by atoms with Gasteiger partial charge in [-0.05, 0) is 29.8 Å². The number of carbonyl (C=O) groups is 1. The molecule has 0 saturated heterocycles. The number of hydrogen-bond acceptors (Lipinski definition) is 3. The van der Waals surface area contributed by atoms with E-state index in [1.165, 1.54) is 4.90 Å². The van der Waals surface area contributed by atoms with Crippen molar-refractivity contribution in [2.24, 2.45) is 4.99 Å². The third kappa shape index (κ3) is 6.44. The van der Waals surface area contributed by atoms with Crippen LogP contribution in [-0.4, -0.2) is 55.9 Å². The standard InChI is InChI=1S/C19H25ClN4O2/c1-23(2)18(25)13-22-19(21-11-10-17-5-4-12-26-17)24(3)14-15-6-8-16(20)9-7-15/h4-9,12H,10-11,13-14H2,1-3H3,(H,21,22). The molecule has 1 amide bonds. The topological polar surface area (TPSA) is 61.1 Å². The van der Waals surface area contributed by atoms with Gasteiger partial charge in [0, 0.05) is 45.7 Å². The van der Waals surface area contributed by atoms with E-state index in [-0.39, 0.29) is 12.5 Å². The molecule has 26 heavy (non-hydrogen) atoms. The lowest BCUT2D eigenvalue weighted by Gasteiger charge is -2.23. The summed E-state index contributed by atoms with van der Waals surface area (Å²) >= 11 is 5.94. The van der Waals surface area contributed by atoms with E-state index < -0.39 is 0 Å². The average molecular weight is 377 g/mol. The minimum absolute atomic E-state index is 0.0461. The minimum Gasteiger partial charge on any atom is -0.469 e. The Morgan fingerprint density at radius 1 is 1.19 bits per heavy atom. The summed E-state index contributed by atoms with van der Waals surface area (Å²) < 4.78 is 5.35. The molecule has 1 heterocycles. The molecule has 0 fully saturated rings. The van der Waals surface area contributed by atoms with Crippen LogP contribution < -0.4 is 5.32 Å². The van der Waals surface area contributed by atoms with E-state index in [2.05, 4.69) is 10.3 Å². The lowest BCUT2D eigenvalue weighted by molar-refractivity contribution is -0.127. The number of likely N-dealkylation sites (N-methyl/N-ethyl adjacent to an activating group) is 1. The monoisotopic (exact) mass is 376 g/mol. The number of halogens is 1. The van der Waals surface area contributed by atoms with Crippen LogP contribution in [0.3, 0.4) is 0 Å². The molecule has 1 N–H and O–H groups in total. The number of nitrogens with one attached hydrogen (secondary N) is 1. The van der Waals surface area contributed by atoms with Crippen LogP contribution in [0.5, 0.6) is 0 Å². The van der Waals surface area contributed by atoms with Crippen molar-refractivity contribution in [2.45, 2.75) is 13.0 Å². The fourth-order valence-corrected chi connectivity index (χ4v) is 2.41. The predicted molar refractivity (Wildman–Crippen MR) is 104 cm³/mol. The fourth-order valence-electron chi connectivity index (χ4n) is 2.29. The molecule has 0 atom stereocenters. The minimum atomic E-state index is -0.0461. The molecule has 2 rings (SSSR count). The Balaban J connectivity index is 2.00. The Bertz CT molecular complexity index is 712. The first-order valence-corrected chi connectivity index (χ1v) is 8.80. The second kappa shape index (κ2) is 9.87. The van der Waals surface area contributed by atoms with Crippen LogP contribution >= 0.6 is 11.6 Å². The van der Waals surface area contributed by atoms with E-state index in [0.29, 0.717) is 24.1 Å². The maximum absolute atomic E-state index is 11.9. The molecule has 140 valence electrons. The van der Waals surface area contributed by atoms with Crippen LogP contribution in [0.1, 0.15) is 11.3 Å². The number of hydrogen-bond donors (Lipinski definition) is 1. The SMILES string of the molecule is CN(C)C(=O)CN=C(NCCc1ccco1)N(C)Cc1ccc(Cl)cc1. The van der Waals surface area contributed by atoms with Crippen molar-refractivity contribution in [2.75, 3.05) is 34.2 Å². The second-order valence-electron chi connectivity index (χ2n) is 6.17. The quantitative estimate of drug-likeness (QED) is 0.596. The van der Waals surface area contributed by atoms with Gasteiger partial charge in [-0.2, -0.15) is 0 Å². The molecule has 6 nitrogen and oxygen atoms in total. The summed E-state index contributed by atoms with van der Waals surface area (Å²) in [7, 11) is 5.38. The molecule has 2 aromatic rings. The van der Waals surface area contributed by atoms with Crippen LogP contribution in [0.4, 0.5) is 0 Å². The lowest BCUT2D eigenvalue weighted by Crippen LogP contribution is -2.40. The molecule has 0 saturated carbocycles. The molecule has 0 spiro atoms. The first kappa shape index (κ1) is 19.8. The van der Waals surface area contributed by atoms with Gasteiger partial charge < -0.3 is 19.5 Å². The van der Waals surface area contributed by atoms with Gasteiger partial charge in [-0.25, -0.2) is 4.99 Å². The number of amides is 1. The number of guanidine groups is 1. The maximum Gasteiger partial charge on any atom is 0.243 e. The van der Waals surface area contributed by atoms with Crippen molar-refractivity contribution < 1.29 is 9.21 Å². The van der Waals surface area contributed by atoms with Crippen molar-refractivity contribution in [1.82, 2.24) is 15.1 Å². The Morgan fingerprint density at radius 2 is 1.92 bits per heavy atom. The normalized spacial score (nSPS) is 11.3. The summed E-state index contributed by atoms with van der Waals surface area (Å²) in [6.07, 6.45) is 2.40. The molecule has 0 unspecified atom stereocenters. The van der Waals surface area contributed by atoms with Crippen molar-refractivity contribution in [3.05, 3.63) is 59.0 Å². The summed E-state index contributed by atoms with van der Waals surface area (Å²) in [6.45, 7) is 1.41. The predicted octanol–water partition coefficient (Wildman–Crippen LogP) is 2.64. The third-order valence-electron chi connectivity index (χ3n) is 3.79. The highest BCUT2D eigenvalue weighted by Gasteiger charge is 2.10. The number of furan rings is 1. The first-order chi connectivity index (χ1) is 12.5. The van der Waals surface area contributed by atoms with E-state index in [0.717, 1.165) is 17.7 Å². The summed E-state index contributed by atoms with van der Waals surface area (Å²) in [4.78, 5) is 19.8. The summed E-state index contributed by atoms with van der Waals surface area (Å²) in [5, 5.41) is 4.01. The van der Waals surface area contributed by atoms with Crippen molar-refractivity contribution in [3.63, 3.8) is 0 Å². The largest absolute Gasteiger partial charge is 0.469 e. The molecule has 0 aliphatic rings. The molecule has 0 bridgehead atoms. The van der Waals surface area contributed by atoms with Gasteiger partial charge >= 0.3 is 0 Å². The molecule has 1 aromatic carbocycles. The summed E-state index contributed by atoms with van der Waals surface area (Å²) in [5.41, 5.74) is 1.11. The Morgan fingerprint density at radius 3 is 2.54 bits per heavy atom. The zero-order valence-corrected chi connectivity index (χ0v) is 16.2. The summed E-state index contributed by atoms with van der Waals surface area (Å²) in [5.74, 6) is 1.53. The molecule has 0 aliphatic heterocycles. The van der Waals surface area contributed by atoms with E-state index in [9.17, 15) is 4.79 Å². The lowest BCUT2D eigenvalue weighted by atomic mass is 10.2. The van der Waals surface area contributed by atoms with Gasteiger partial charge in [0.1, 0.15) is 12.3 Å². The van der Waals surface area contributed by atoms with Gasteiger partial charge in [-0.15, -0.1) is 0 Å². The van der Waals surface area contributed by atoms with E-state index in [1.54, 1.807) is 20.4 Å². The molecule has 0 radical (unpaired) electrons. The zero-order chi connectivity index (χ0) is 18.9. The van der Waals surface area contributed by atoms with Crippen LogP contribution in [0.15, 0.2) is 52.1 Å². The second-order valence-corrected chi connectivity index (χ2v) is 6.60.